The van der Waals surface area contributed by atoms with Crippen LogP contribution in [-0.2, 0) is 16.8 Å². The Morgan fingerprint density at radius 1 is 1.22 bits per heavy atom. The van der Waals surface area contributed by atoms with Gasteiger partial charge in [-0.3, -0.25) is 19.1 Å². The molecular weight excluding hydrogens is 362 g/mol. The summed E-state index contributed by atoms with van der Waals surface area (Å²) in [6.07, 6.45) is 1.30. The molecule has 0 atom stereocenters. The first-order valence-electron chi connectivity index (χ1n) is 7.06. The van der Waals surface area contributed by atoms with Gasteiger partial charge < -0.3 is 5.32 Å². The summed E-state index contributed by atoms with van der Waals surface area (Å²) >= 11 is 3.03. The minimum Gasteiger partial charge on any atom is -0.325 e. The number of H-pyrrole nitrogens is 1. The normalized spacial score (nSPS) is 11.3. The molecule has 122 valence electrons. The third-order valence-electron chi connectivity index (χ3n) is 3.32. The van der Waals surface area contributed by atoms with Crippen molar-refractivity contribution in [3.63, 3.8) is 0 Å². The molecule has 7 heteroatoms. The molecule has 1 amide bonds. The van der Waals surface area contributed by atoms with Crippen LogP contribution in [-0.4, -0.2) is 15.5 Å². The van der Waals surface area contributed by atoms with Crippen LogP contribution in [0.15, 0.2) is 44.5 Å². The lowest BCUT2D eigenvalue weighted by Crippen LogP contribution is -2.33. The lowest BCUT2D eigenvalue weighted by atomic mass is 9.87. The van der Waals surface area contributed by atoms with Gasteiger partial charge in [0.25, 0.3) is 5.56 Å². The molecule has 0 radical (unpaired) electrons. The highest BCUT2D eigenvalue weighted by molar-refractivity contribution is 9.10. The summed E-state index contributed by atoms with van der Waals surface area (Å²) in [5, 5.41) is 2.72. The molecule has 1 heterocycles. The summed E-state index contributed by atoms with van der Waals surface area (Å²) in [6.45, 7) is 6.15. The molecule has 23 heavy (non-hydrogen) atoms. The summed E-state index contributed by atoms with van der Waals surface area (Å²) in [5.74, 6) is -0.352. The summed E-state index contributed by atoms with van der Waals surface area (Å²) in [4.78, 5) is 37.1. The molecule has 1 aromatic heterocycles. The number of hydrogen-bond donors (Lipinski definition) is 2. The van der Waals surface area contributed by atoms with Gasteiger partial charge in [-0.05, 0) is 39.0 Å². The van der Waals surface area contributed by atoms with E-state index < -0.39 is 11.2 Å². The molecule has 2 rings (SSSR count). The predicted molar refractivity (Wildman–Crippen MR) is 92.8 cm³/mol. The summed E-state index contributed by atoms with van der Waals surface area (Å²) in [7, 11) is 0. The molecule has 0 spiro atoms. The fraction of sp³-hybridized carbons (Fsp3) is 0.312. The van der Waals surface area contributed by atoms with Gasteiger partial charge in [-0.25, -0.2) is 4.79 Å². The molecule has 0 bridgehead atoms. The van der Waals surface area contributed by atoms with E-state index in [0.29, 0.717) is 5.69 Å². The van der Waals surface area contributed by atoms with Gasteiger partial charge >= 0.3 is 5.69 Å². The van der Waals surface area contributed by atoms with Gasteiger partial charge in [-0.15, -0.1) is 0 Å². The smallest absolute Gasteiger partial charge is 0.325 e. The van der Waals surface area contributed by atoms with E-state index in [0.717, 1.165) is 10.1 Å². The van der Waals surface area contributed by atoms with Gasteiger partial charge in [0.05, 0.1) is 4.47 Å². The van der Waals surface area contributed by atoms with E-state index in [4.69, 9.17) is 0 Å². The molecule has 2 aromatic rings. The number of amides is 1. The highest BCUT2D eigenvalue weighted by Crippen LogP contribution is 2.23. The average Bonchev–Trinajstić information content (AvgIpc) is 2.44. The standard InChI is InChI=1S/C16H18BrN3O3/c1-16(2,3)10-4-6-11(7-5-10)18-13(21)9-20-8-12(17)14(22)19-15(20)23/h4-8H,9H2,1-3H3,(H,18,21)(H,19,22,23). The summed E-state index contributed by atoms with van der Waals surface area (Å²) < 4.78 is 1.32. The molecule has 0 unspecified atom stereocenters. The zero-order valence-corrected chi connectivity index (χ0v) is 14.7. The van der Waals surface area contributed by atoms with Crippen LogP contribution < -0.4 is 16.6 Å². The van der Waals surface area contributed by atoms with Gasteiger partial charge in [0.2, 0.25) is 5.91 Å². The first-order chi connectivity index (χ1) is 10.7. The number of aromatic amines is 1. The van der Waals surface area contributed by atoms with Gasteiger partial charge in [0, 0.05) is 11.9 Å². The lowest BCUT2D eigenvalue weighted by Gasteiger charge is -2.19. The van der Waals surface area contributed by atoms with Gasteiger partial charge in [0.15, 0.2) is 0 Å². The minimum atomic E-state index is -0.628. The molecule has 6 nitrogen and oxygen atoms in total. The Labute approximate surface area is 141 Å². The monoisotopic (exact) mass is 379 g/mol. The Bertz CT molecular complexity index is 829. The molecule has 0 saturated carbocycles. The van der Waals surface area contributed by atoms with E-state index in [1.807, 2.05) is 24.3 Å². The van der Waals surface area contributed by atoms with Crippen molar-refractivity contribution in [1.29, 1.82) is 0 Å². The summed E-state index contributed by atoms with van der Waals surface area (Å²) in [5.41, 5.74) is 0.703. The fourth-order valence-corrected chi connectivity index (χ4v) is 2.36. The van der Waals surface area contributed by atoms with Crippen molar-refractivity contribution >= 4 is 27.5 Å². The van der Waals surface area contributed by atoms with Gasteiger partial charge in [-0.2, -0.15) is 0 Å². The number of aromatic nitrogens is 2. The number of benzene rings is 1. The molecule has 0 fully saturated rings. The van der Waals surface area contributed by atoms with Crippen molar-refractivity contribution in [2.24, 2.45) is 0 Å². The maximum atomic E-state index is 12.0. The van der Waals surface area contributed by atoms with Crippen molar-refractivity contribution < 1.29 is 4.79 Å². The first-order valence-corrected chi connectivity index (χ1v) is 7.86. The van der Waals surface area contributed by atoms with Crippen LogP contribution in [0.5, 0.6) is 0 Å². The molecule has 2 N–H and O–H groups in total. The second-order valence-electron chi connectivity index (χ2n) is 6.24. The number of nitrogens with zero attached hydrogens (tertiary/aromatic N) is 1. The summed E-state index contributed by atoms with van der Waals surface area (Å²) in [6, 6.07) is 7.56. The van der Waals surface area contributed by atoms with E-state index in [2.05, 4.69) is 47.0 Å². The third kappa shape index (κ3) is 4.41. The van der Waals surface area contributed by atoms with Crippen LogP contribution in [0.1, 0.15) is 26.3 Å². The Balaban J connectivity index is 2.10. The Kier molecular flexibility index (Phi) is 4.89. The third-order valence-corrected chi connectivity index (χ3v) is 3.88. The van der Waals surface area contributed by atoms with Crippen molar-refractivity contribution in [1.82, 2.24) is 9.55 Å². The number of anilines is 1. The van der Waals surface area contributed by atoms with Crippen molar-refractivity contribution in [2.75, 3.05) is 5.32 Å². The molecule has 1 aromatic carbocycles. The average molecular weight is 380 g/mol. The first kappa shape index (κ1) is 17.2. The van der Waals surface area contributed by atoms with Crippen LogP contribution >= 0.6 is 15.9 Å². The molecule has 0 aliphatic heterocycles. The van der Waals surface area contributed by atoms with E-state index in [1.165, 1.54) is 6.20 Å². The molecular formula is C16H18BrN3O3. The lowest BCUT2D eigenvalue weighted by molar-refractivity contribution is -0.116. The van der Waals surface area contributed by atoms with Crippen LogP contribution in [0, 0.1) is 0 Å². The van der Waals surface area contributed by atoms with Crippen molar-refractivity contribution in [3.8, 4) is 0 Å². The van der Waals surface area contributed by atoms with Crippen LogP contribution in [0.3, 0.4) is 0 Å². The molecule has 0 aliphatic rings. The maximum Gasteiger partial charge on any atom is 0.328 e. The van der Waals surface area contributed by atoms with E-state index in [1.54, 1.807) is 0 Å². The fourth-order valence-electron chi connectivity index (χ4n) is 2.01. The minimum absolute atomic E-state index is 0.0397. The predicted octanol–water partition coefficient (Wildman–Crippen LogP) is 2.24. The van der Waals surface area contributed by atoms with Gasteiger partial charge in [0.1, 0.15) is 6.54 Å². The SMILES string of the molecule is CC(C)(C)c1ccc(NC(=O)Cn2cc(Br)c(=O)[nH]c2=O)cc1. The highest BCUT2D eigenvalue weighted by atomic mass is 79.9. The Morgan fingerprint density at radius 2 is 1.83 bits per heavy atom. The van der Waals surface area contributed by atoms with E-state index in [-0.39, 0.29) is 22.3 Å². The number of nitrogens with one attached hydrogen (secondary N) is 2. The van der Waals surface area contributed by atoms with Crippen molar-refractivity contribution in [2.45, 2.75) is 32.7 Å². The Morgan fingerprint density at radius 3 is 2.39 bits per heavy atom. The van der Waals surface area contributed by atoms with Crippen LogP contribution in [0.2, 0.25) is 0 Å². The number of carbonyl (C=O) groups is 1. The second-order valence-corrected chi connectivity index (χ2v) is 7.09. The molecule has 0 aliphatic carbocycles. The second kappa shape index (κ2) is 6.54. The number of hydrogen-bond acceptors (Lipinski definition) is 3. The largest absolute Gasteiger partial charge is 0.328 e. The topological polar surface area (TPSA) is 84.0 Å². The number of halogens is 1. The number of rotatable bonds is 3. The van der Waals surface area contributed by atoms with Crippen molar-refractivity contribution in [3.05, 3.63) is 61.3 Å². The quantitative estimate of drug-likeness (QED) is 0.857. The van der Waals surface area contributed by atoms with Crippen LogP contribution in [0.25, 0.3) is 0 Å². The van der Waals surface area contributed by atoms with Crippen LogP contribution in [0.4, 0.5) is 5.69 Å². The maximum absolute atomic E-state index is 12.0. The Hall–Kier alpha value is -2.15. The number of carbonyl (C=O) groups excluding carboxylic acids is 1. The van der Waals surface area contributed by atoms with E-state index >= 15 is 0 Å². The zero-order chi connectivity index (χ0) is 17.2. The zero-order valence-electron chi connectivity index (χ0n) is 13.1. The highest BCUT2D eigenvalue weighted by Gasteiger charge is 2.13. The van der Waals surface area contributed by atoms with E-state index in [9.17, 15) is 14.4 Å². The molecule has 0 saturated heterocycles. The van der Waals surface area contributed by atoms with Gasteiger partial charge in [-0.1, -0.05) is 32.9 Å².